The van der Waals surface area contributed by atoms with E-state index in [0.717, 1.165) is 47.9 Å². The van der Waals surface area contributed by atoms with Crippen LogP contribution in [-0.2, 0) is 18.3 Å². The lowest BCUT2D eigenvalue weighted by Crippen LogP contribution is -2.50. The Hall–Kier alpha value is -2.94. The molecule has 1 fully saturated rings. The van der Waals surface area contributed by atoms with Gasteiger partial charge in [0.1, 0.15) is 12.3 Å². The molecule has 2 aliphatic rings. The minimum Gasteiger partial charge on any atom is -0.456 e. The number of imidazole rings is 1. The molecule has 0 bridgehead atoms. The number of allylic oxidation sites excluding steroid dienone is 3. The number of halogens is 1. The van der Waals surface area contributed by atoms with Crippen LogP contribution in [0, 0.1) is 22.7 Å². The highest BCUT2D eigenvalue weighted by atomic mass is 79.9. The number of hydrogen-bond donors (Lipinski definition) is 2. The molecule has 0 unspecified atom stereocenters. The first-order valence-electron chi connectivity index (χ1n) is 14.3. The predicted octanol–water partition coefficient (Wildman–Crippen LogP) is 6.29. The summed E-state index contributed by atoms with van der Waals surface area (Å²) in [5.41, 5.74) is 11.3. The van der Waals surface area contributed by atoms with Crippen molar-refractivity contribution in [3.63, 3.8) is 0 Å². The summed E-state index contributed by atoms with van der Waals surface area (Å²) in [6.45, 7) is 10.7. The zero-order valence-electron chi connectivity index (χ0n) is 24.3. The highest BCUT2D eigenvalue weighted by molar-refractivity contribution is 9.10. The number of nitrogen functional groups attached to an aromatic ring is 1. The summed E-state index contributed by atoms with van der Waals surface area (Å²) in [5, 5.41) is 0. The fourth-order valence-electron chi connectivity index (χ4n) is 7.33. The SMILES string of the molecule is C/C(=C\Cn1c[n+](C)c2ncnc(N)c21)CC[C@]1(C)[C@@H](C)CC[C@]2(C)C(COC(=O)c3cc(Br)c[nH]3)=CCC[C@@H]12. The number of carbonyl (C=O) groups excluding carboxylic acids is 1. The molecule has 1 saturated carbocycles. The van der Waals surface area contributed by atoms with Crippen molar-refractivity contribution < 1.29 is 14.1 Å². The van der Waals surface area contributed by atoms with Crippen molar-refractivity contribution in [2.75, 3.05) is 12.3 Å². The summed E-state index contributed by atoms with van der Waals surface area (Å²) in [6.07, 6.45) is 16.7. The Balaban J connectivity index is 1.27. The molecule has 2 aliphatic carbocycles. The topological polar surface area (TPSA) is 103 Å². The van der Waals surface area contributed by atoms with Gasteiger partial charge in [-0.1, -0.05) is 43.5 Å². The molecule has 3 N–H and O–H groups in total. The monoisotopic (exact) mass is 609 g/mol. The van der Waals surface area contributed by atoms with Crippen LogP contribution in [-0.4, -0.2) is 32.1 Å². The van der Waals surface area contributed by atoms with Crippen LogP contribution in [0.1, 0.15) is 76.7 Å². The predicted molar refractivity (Wildman–Crippen MR) is 160 cm³/mol. The lowest BCUT2D eigenvalue weighted by atomic mass is 9.47. The van der Waals surface area contributed by atoms with E-state index in [0.29, 0.717) is 30.0 Å². The number of ether oxygens (including phenoxy) is 1. The quantitative estimate of drug-likeness (QED) is 0.177. The molecule has 0 aliphatic heterocycles. The summed E-state index contributed by atoms with van der Waals surface area (Å²) >= 11 is 3.39. The van der Waals surface area contributed by atoms with E-state index in [1.165, 1.54) is 30.3 Å². The molecule has 3 heterocycles. The fraction of sp³-hybridized carbons (Fsp3) is 0.548. The Bertz CT molecular complexity index is 1470. The van der Waals surface area contributed by atoms with Gasteiger partial charge < -0.3 is 15.5 Å². The third-order valence-electron chi connectivity index (χ3n) is 10.1. The number of nitrogens with zero attached hydrogens (tertiary/aromatic N) is 4. The summed E-state index contributed by atoms with van der Waals surface area (Å²) in [6, 6.07) is 1.76. The van der Waals surface area contributed by atoms with Gasteiger partial charge in [-0.05, 0) is 95.7 Å². The fourth-order valence-corrected chi connectivity index (χ4v) is 7.68. The maximum atomic E-state index is 12.7. The number of nitrogens with one attached hydrogen (secondary N) is 1. The van der Waals surface area contributed by atoms with Gasteiger partial charge in [-0.3, -0.25) is 4.57 Å². The van der Waals surface area contributed by atoms with Gasteiger partial charge in [0.25, 0.3) is 0 Å². The minimum atomic E-state index is -0.303. The third kappa shape index (κ3) is 5.24. The number of H-pyrrole nitrogens is 1. The van der Waals surface area contributed by atoms with E-state index < -0.39 is 0 Å². The van der Waals surface area contributed by atoms with E-state index in [4.69, 9.17) is 10.5 Å². The van der Waals surface area contributed by atoms with Gasteiger partial charge in [0.2, 0.25) is 5.52 Å². The normalized spacial score (nSPS) is 26.9. The van der Waals surface area contributed by atoms with Crippen LogP contribution in [0.2, 0.25) is 0 Å². The van der Waals surface area contributed by atoms with Crippen molar-refractivity contribution in [3.8, 4) is 0 Å². The molecule has 0 saturated heterocycles. The molecule has 0 spiro atoms. The van der Waals surface area contributed by atoms with Crippen LogP contribution >= 0.6 is 15.9 Å². The average Bonchev–Trinajstić information content (AvgIpc) is 3.51. The number of aryl methyl sites for hydroxylation is 1. The third-order valence-corrected chi connectivity index (χ3v) is 10.5. The maximum absolute atomic E-state index is 12.7. The van der Waals surface area contributed by atoms with Crippen molar-refractivity contribution in [3.05, 3.63) is 58.4 Å². The number of carbonyl (C=O) groups is 1. The smallest absolute Gasteiger partial charge is 0.355 e. The lowest BCUT2D eigenvalue weighted by molar-refractivity contribution is -0.647. The first kappa shape index (κ1) is 28.6. The van der Waals surface area contributed by atoms with E-state index in [2.05, 4.69) is 75.3 Å². The van der Waals surface area contributed by atoms with Crippen LogP contribution in [0.5, 0.6) is 0 Å². The van der Waals surface area contributed by atoms with Gasteiger partial charge >= 0.3 is 11.6 Å². The second-order valence-electron chi connectivity index (χ2n) is 12.4. The van der Waals surface area contributed by atoms with Crippen LogP contribution in [0.3, 0.4) is 0 Å². The first-order valence-corrected chi connectivity index (χ1v) is 15.1. The van der Waals surface area contributed by atoms with Gasteiger partial charge in [0, 0.05) is 10.7 Å². The number of fused-ring (bicyclic) bond motifs is 2. The van der Waals surface area contributed by atoms with Crippen LogP contribution in [0.4, 0.5) is 5.82 Å². The number of aromatic nitrogens is 5. The Kier molecular flexibility index (Phi) is 7.97. The summed E-state index contributed by atoms with van der Waals surface area (Å²) in [5.74, 6) is 1.40. The van der Waals surface area contributed by atoms with Crippen molar-refractivity contribution >= 4 is 38.9 Å². The first-order chi connectivity index (χ1) is 19.0. The Morgan fingerprint density at radius 2 is 2.15 bits per heavy atom. The molecular weight excluding hydrogens is 568 g/mol. The number of rotatable bonds is 8. The Labute approximate surface area is 245 Å². The molecule has 3 aromatic rings. The van der Waals surface area contributed by atoms with E-state index >= 15 is 0 Å². The van der Waals surface area contributed by atoms with E-state index in [9.17, 15) is 4.79 Å². The highest BCUT2D eigenvalue weighted by Crippen LogP contribution is 2.62. The van der Waals surface area contributed by atoms with Crippen molar-refractivity contribution in [2.24, 2.45) is 29.7 Å². The van der Waals surface area contributed by atoms with Gasteiger partial charge in [-0.25, -0.2) is 9.36 Å². The highest BCUT2D eigenvalue weighted by Gasteiger charge is 2.53. The largest absolute Gasteiger partial charge is 0.456 e. The molecule has 214 valence electrons. The number of nitrogens with two attached hydrogens (primary N) is 1. The van der Waals surface area contributed by atoms with Gasteiger partial charge in [0.05, 0.1) is 13.6 Å². The summed E-state index contributed by atoms with van der Waals surface area (Å²) < 4.78 is 10.8. The van der Waals surface area contributed by atoms with Crippen LogP contribution < -0.4 is 10.3 Å². The van der Waals surface area contributed by atoms with Gasteiger partial charge in [-0.15, -0.1) is 0 Å². The van der Waals surface area contributed by atoms with Crippen molar-refractivity contribution in [1.82, 2.24) is 19.5 Å². The molecule has 40 heavy (non-hydrogen) atoms. The molecule has 0 aromatic carbocycles. The summed E-state index contributed by atoms with van der Waals surface area (Å²) in [4.78, 5) is 24.2. The van der Waals surface area contributed by atoms with E-state index in [1.54, 1.807) is 12.3 Å². The lowest BCUT2D eigenvalue weighted by Gasteiger charge is -2.58. The molecular formula is C31H42BrN6O2+. The zero-order valence-corrected chi connectivity index (χ0v) is 25.9. The zero-order chi connectivity index (χ0) is 28.7. The Morgan fingerprint density at radius 1 is 1.35 bits per heavy atom. The summed E-state index contributed by atoms with van der Waals surface area (Å²) in [7, 11) is 1.98. The van der Waals surface area contributed by atoms with Gasteiger partial charge in [-0.2, -0.15) is 4.98 Å². The second-order valence-corrected chi connectivity index (χ2v) is 13.3. The second kappa shape index (κ2) is 11.1. The molecule has 0 amide bonds. The van der Waals surface area contributed by atoms with Crippen LogP contribution in [0.15, 0.2) is 52.7 Å². The van der Waals surface area contributed by atoms with Crippen molar-refractivity contribution in [2.45, 2.75) is 72.8 Å². The standard InChI is InChI=1S/C31H41BrN6O2/c1-20(11-14-38-19-37(5)28-26(38)27(33)35-18-36-28)9-12-30(3)21(2)10-13-31(4)22(7-6-8-25(30)31)17-40-29(39)24-15-23(32)16-34-24/h7,11,15-16,18-19,21,25H,6,8-10,12-14,17H2,1-5H3,(H2-,33,34,35,36,39)/p+1/b20-11+/t21-,25-,30+,31+/m0/s1. The van der Waals surface area contributed by atoms with E-state index in [-0.39, 0.29) is 16.8 Å². The average molecular weight is 611 g/mol. The number of anilines is 1. The van der Waals surface area contributed by atoms with E-state index in [1.807, 2.05) is 17.9 Å². The molecule has 5 rings (SSSR count). The number of aromatic amines is 1. The molecule has 0 radical (unpaired) electrons. The number of esters is 1. The minimum absolute atomic E-state index is 0.0457. The molecule has 4 atom stereocenters. The van der Waals surface area contributed by atoms with Crippen molar-refractivity contribution in [1.29, 1.82) is 0 Å². The van der Waals surface area contributed by atoms with Crippen LogP contribution in [0.25, 0.3) is 11.2 Å². The Morgan fingerprint density at radius 3 is 2.90 bits per heavy atom. The molecule has 9 heteroatoms. The maximum Gasteiger partial charge on any atom is 0.355 e. The van der Waals surface area contributed by atoms with Gasteiger partial charge in [0.15, 0.2) is 18.5 Å². The molecule has 8 nitrogen and oxygen atoms in total. The number of hydrogen-bond acceptors (Lipinski definition) is 5. The molecule has 3 aromatic heterocycles.